The first-order chi connectivity index (χ1) is 18.9. The molecule has 1 atom stereocenters. The molecule has 0 heterocycles. The molecule has 0 spiro atoms. The van der Waals surface area contributed by atoms with Crippen molar-refractivity contribution >= 4 is 23.4 Å². The molecule has 3 rings (SSSR count). The molecule has 3 aromatic rings. The molecule has 0 aliphatic heterocycles. The predicted octanol–water partition coefficient (Wildman–Crippen LogP) is 2.33. The van der Waals surface area contributed by atoms with E-state index in [1.54, 1.807) is 48.5 Å². The highest BCUT2D eigenvalue weighted by molar-refractivity contribution is 5.97. The lowest BCUT2D eigenvalue weighted by Crippen LogP contribution is -2.50. The summed E-state index contributed by atoms with van der Waals surface area (Å²) in [4.78, 5) is 35.9. The van der Waals surface area contributed by atoms with Gasteiger partial charge in [0.1, 0.15) is 6.04 Å². The Morgan fingerprint density at radius 1 is 0.925 bits per heavy atom. The zero-order valence-electron chi connectivity index (χ0n) is 21.4. The highest BCUT2D eigenvalue weighted by atomic mass is 16.5. The zero-order valence-corrected chi connectivity index (χ0v) is 21.4. The Labute approximate surface area is 234 Å². The molecule has 7 N–H and O–H groups in total. The van der Waals surface area contributed by atoms with Crippen molar-refractivity contribution in [1.29, 1.82) is 0 Å². The maximum absolute atomic E-state index is 12.2. The van der Waals surface area contributed by atoms with E-state index in [2.05, 4.69) is 45.7 Å². The first-order valence-corrected chi connectivity index (χ1v) is 12.1. The monoisotopic (exact) mass is 539 g/mol. The van der Waals surface area contributed by atoms with E-state index in [1.165, 1.54) is 11.0 Å². The standard InChI is InChI=1S/C30H29N5O4.CH4/c1-21-5-4-8-24(17-21)19-32-20-28(36)33-26-15-11-23(12-16-26)7-3-2-6-22-9-13-25(14-10-22)29(37)34-27(18-31)30(38)35-39;/h4-5,8-17,27,32,39H,18-20,31H2,1H3,(H,33,36)(H,34,37)(H,35,38);1H4/t27-;/m0./s1. The molecule has 3 aromatic carbocycles. The van der Waals surface area contributed by atoms with Crippen LogP contribution in [0.1, 0.15) is 40.0 Å². The lowest BCUT2D eigenvalue weighted by Gasteiger charge is -2.14. The molecule has 9 heteroatoms. The Kier molecular flexibility index (Phi) is 12.6. The SMILES string of the molecule is C.Cc1cccc(CNCC(=O)Nc2ccc(C#CC#Cc3ccc(C(=O)N[C@@H](CN)C(=O)NO)cc3)cc2)c1. The highest BCUT2D eigenvalue weighted by Gasteiger charge is 2.19. The van der Waals surface area contributed by atoms with E-state index in [0.717, 1.165) is 11.1 Å². The molecule has 0 bridgehead atoms. The maximum Gasteiger partial charge on any atom is 0.267 e. The molecule has 0 radical (unpaired) electrons. The Hall–Kier alpha value is -4.93. The van der Waals surface area contributed by atoms with Gasteiger partial charge in [-0.2, -0.15) is 0 Å². The average molecular weight is 540 g/mol. The summed E-state index contributed by atoms with van der Waals surface area (Å²) >= 11 is 0. The van der Waals surface area contributed by atoms with Crippen molar-refractivity contribution in [1.82, 2.24) is 16.1 Å². The van der Waals surface area contributed by atoms with Crippen LogP contribution in [-0.2, 0) is 16.1 Å². The number of anilines is 1. The summed E-state index contributed by atoms with van der Waals surface area (Å²) in [5.74, 6) is 9.94. The number of hydrogen-bond donors (Lipinski definition) is 6. The zero-order chi connectivity index (χ0) is 28.0. The third-order valence-electron chi connectivity index (χ3n) is 5.46. The molecule has 0 aliphatic rings. The quantitative estimate of drug-likeness (QED) is 0.140. The summed E-state index contributed by atoms with van der Waals surface area (Å²) in [5.41, 5.74) is 11.6. The minimum atomic E-state index is -1.05. The number of carbonyl (C=O) groups excluding carboxylic acids is 3. The molecule has 3 amide bonds. The number of nitrogens with two attached hydrogens (primary N) is 1. The van der Waals surface area contributed by atoms with Crippen LogP contribution < -0.4 is 27.2 Å². The number of hydroxylamine groups is 1. The summed E-state index contributed by atoms with van der Waals surface area (Å²) in [7, 11) is 0. The first-order valence-electron chi connectivity index (χ1n) is 12.1. The number of amides is 3. The number of carbonyl (C=O) groups is 3. The second-order valence-corrected chi connectivity index (χ2v) is 8.53. The van der Waals surface area contributed by atoms with Crippen molar-refractivity contribution in [3.8, 4) is 23.7 Å². The van der Waals surface area contributed by atoms with Gasteiger partial charge in [-0.25, -0.2) is 5.48 Å². The topological polar surface area (TPSA) is 146 Å². The van der Waals surface area contributed by atoms with Crippen LogP contribution >= 0.6 is 0 Å². The highest BCUT2D eigenvalue weighted by Crippen LogP contribution is 2.09. The van der Waals surface area contributed by atoms with E-state index in [-0.39, 0.29) is 26.4 Å². The number of hydrogen-bond acceptors (Lipinski definition) is 6. The lowest BCUT2D eigenvalue weighted by molar-refractivity contribution is -0.130. The van der Waals surface area contributed by atoms with Crippen LogP contribution in [-0.4, -0.2) is 42.1 Å². The Morgan fingerprint density at radius 2 is 1.55 bits per heavy atom. The van der Waals surface area contributed by atoms with Crippen LogP contribution in [0.25, 0.3) is 0 Å². The number of benzene rings is 3. The van der Waals surface area contributed by atoms with E-state index in [4.69, 9.17) is 10.9 Å². The van der Waals surface area contributed by atoms with Crippen LogP contribution in [0.3, 0.4) is 0 Å². The fourth-order valence-corrected chi connectivity index (χ4v) is 3.45. The fraction of sp³-hybridized carbons (Fsp3) is 0.194. The van der Waals surface area contributed by atoms with Gasteiger partial charge in [0.15, 0.2) is 0 Å². The summed E-state index contributed by atoms with van der Waals surface area (Å²) in [5, 5.41) is 17.1. The van der Waals surface area contributed by atoms with Crippen LogP contribution in [0.5, 0.6) is 0 Å². The van der Waals surface area contributed by atoms with Gasteiger partial charge in [0.05, 0.1) is 6.54 Å². The van der Waals surface area contributed by atoms with Crippen molar-refractivity contribution in [3.63, 3.8) is 0 Å². The Balaban J connectivity index is 0.00000560. The average Bonchev–Trinajstić information content (AvgIpc) is 2.94. The molecule has 206 valence electrons. The van der Waals surface area contributed by atoms with Gasteiger partial charge in [-0.3, -0.25) is 19.6 Å². The van der Waals surface area contributed by atoms with Crippen molar-refractivity contribution in [2.24, 2.45) is 5.73 Å². The lowest BCUT2D eigenvalue weighted by atomic mass is 10.1. The van der Waals surface area contributed by atoms with Gasteiger partial charge < -0.3 is 21.7 Å². The van der Waals surface area contributed by atoms with Gasteiger partial charge in [-0.05, 0) is 72.9 Å². The van der Waals surface area contributed by atoms with Gasteiger partial charge in [-0.1, -0.05) is 49.1 Å². The minimum Gasteiger partial charge on any atom is -0.339 e. The van der Waals surface area contributed by atoms with Gasteiger partial charge >= 0.3 is 0 Å². The van der Waals surface area contributed by atoms with E-state index in [9.17, 15) is 14.4 Å². The van der Waals surface area contributed by atoms with Crippen LogP contribution in [0, 0.1) is 30.6 Å². The first kappa shape index (κ1) is 31.3. The molecule has 40 heavy (non-hydrogen) atoms. The van der Waals surface area contributed by atoms with E-state index in [1.807, 2.05) is 25.1 Å². The molecular weight excluding hydrogens is 506 g/mol. The van der Waals surface area contributed by atoms with Gasteiger partial charge in [0, 0.05) is 35.5 Å². The van der Waals surface area contributed by atoms with Crippen molar-refractivity contribution in [2.75, 3.05) is 18.4 Å². The third-order valence-corrected chi connectivity index (χ3v) is 5.46. The molecule has 0 saturated carbocycles. The predicted molar refractivity (Wildman–Crippen MR) is 155 cm³/mol. The third kappa shape index (κ3) is 10.1. The number of rotatable bonds is 9. The van der Waals surface area contributed by atoms with Crippen LogP contribution in [0.4, 0.5) is 5.69 Å². The van der Waals surface area contributed by atoms with Gasteiger partial charge in [0.25, 0.3) is 11.8 Å². The van der Waals surface area contributed by atoms with E-state index in [0.29, 0.717) is 23.4 Å². The van der Waals surface area contributed by atoms with Crippen LogP contribution in [0.15, 0.2) is 72.8 Å². The molecule has 9 nitrogen and oxygen atoms in total. The second-order valence-electron chi connectivity index (χ2n) is 8.53. The smallest absolute Gasteiger partial charge is 0.267 e. The number of nitrogens with one attached hydrogen (secondary N) is 4. The normalized spacial score (nSPS) is 10.4. The van der Waals surface area contributed by atoms with E-state index < -0.39 is 17.9 Å². The molecule has 0 unspecified atom stereocenters. The molecular formula is C31H33N5O4. The summed E-state index contributed by atoms with van der Waals surface area (Å²) < 4.78 is 0. The largest absolute Gasteiger partial charge is 0.339 e. The van der Waals surface area contributed by atoms with Crippen molar-refractivity contribution in [3.05, 3.63) is 101 Å². The minimum absolute atomic E-state index is 0. The molecule has 0 aromatic heterocycles. The van der Waals surface area contributed by atoms with Crippen molar-refractivity contribution in [2.45, 2.75) is 26.9 Å². The fourth-order valence-electron chi connectivity index (χ4n) is 3.45. The molecule has 0 aliphatic carbocycles. The Bertz CT molecular complexity index is 1430. The van der Waals surface area contributed by atoms with Crippen molar-refractivity contribution < 1.29 is 19.6 Å². The summed E-state index contributed by atoms with van der Waals surface area (Å²) in [6.07, 6.45) is 0. The number of aryl methyl sites for hydroxylation is 1. The summed E-state index contributed by atoms with van der Waals surface area (Å²) in [6, 6.07) is 20.6. The maximum atomic E-state index is 12.2. The summed E-state index contributed by atoms with van der Waals surface area (Å²) in [6.45, 7) is 2.69. The van der Waals surface area contributed by atoms with Crippen LogP contribution in [0.2, 0.25) is 0 Å². The molecule has 0 saturated heterocycles. The van der Waals surface area contributed by atoms with Gasteiger partial charge in [-0.15, -0.1) is 0 Å². The van der Waals surface area contributed by atoms with E-state index >= 15 is 0 Å². The second kappa shape index (κ2) is 16.1. The molecule has 0 fully saturated rings. The Morgan fingerprint density at radius 3 is 2.12 bits per heavy atom. The van der Waals surface area contributed by atoms with Gasteiger partial charge in [0.2, 0.25) is 5.91 Å².